The van der Waals surface area contributed by atoms with Crippen molar-refractivity contribution in [1.82, 2.24) is 9.97 Å². The SMILES string of the molecule is Cc1cnc(NC(=O)c2ccc(C(=O)O)nc2)s1. The van der Waals surface area contributed by atoms with Gasteiger partial charge in [-0.2, -0.15) is 0 Å². The maximum absolute atomic E-state index is 11.8. The Morgan fingerprint density at radius 3 is 2.56 bits per heavy atom. The number of anilines is 1. The van der Waals surface area contributed by atoms with Crippen molar-refractivity contribution in [3.63, 3.8) is 0 Å². The van der Waals surface area contributed by atoms with E-state index in [1.807, 2.05) is 6.92 Å². The first kappa shape index (κ1) is 12.2. The Labute approximate surface area is 106 Å². The van der Waals surface area contributed by atoms with Gasteiger partial charge in [0, 0.05) is 17.3 Å². The predicted molar refractivity (Wildman–Crippen MR) is 66.0 cm³/mol. The fourth-order valence-corrected chi connectivity index (χ4v) is 1.90. The number of thiazole rings is 1. The maximum Gasteiger partial charge on any atom is 0.354 e. The van der Waals surface area contributed by atoms with Crippen molar-refractivity contribution in [1.29, 1.82) is 0 Å². The molecule has 18 heavy (non-hydrogen) atoms. The number of rotatable bonds is 3. The molecule has 0 aromatic carbocycles. The molecule has 1 amide bonds. The van der Waals surface area contributed by atoms with Gasteiger partial charge in [0.1, 0.15) is 5.69 Å². The summed E-state index contributed by atoms with van der Waals surface area (Å²) in [6.45, 7) is 1.89. The van der Waals surface area contributed by atoms with Gasteiger partial charge in [0.05, 0.1) is 5.56 Å². The Kier molecular flexibility index (Phi) is 3.33. The van der Waals surface area contributed by atoms with Crippen molar-refractivity contribution in [3.05, 3.63) is 40.7 Å². The lowest BCUT2D eigenvalue weighted by Gasteiger charge is -2.01. The summed E-state index contributed by atoms with van der Waals surface area (Å²) < 4.78 is 0. The third-order valence-corrected chi connectivity index (χ3v) is 2.91. The summed E-state index contributed by atoms with van der Waals surface area (Å²) in [5, 5.41) is 11.8. The molecular formula is C11H9N3O3S. The number of carboxylic acids is 1. The highest BCUT2D eigenvalue weighted by Crippen LogP contribution is 2.17. The molecule has 0 aliphatic rings. The number of amides is 1. The zero-order chi connectivity index (χ0) is 13.1. The lowest BCUT2D eigenvalue weighted by Crippen LogP contribution is -2.12. The summed E-state index contributed by atoms with van der Waals surface area (Å²) in [5.74, 6) is -1.49. The second-order valence-electron chi connectivity index (χ2n) is 3.47. The lowest BCUT2D eigenvalue weighted by molar-refractivity contribution is 0.0690. The van der Waals surface area contributed by atoms with Crippen molar-refractivity contribution < 1.29 is 14.7 Å². The van der Waals surface area contributed by atoms with E-state index in [1.54, 1.807) is 6.20 Å². The van der Waals surface area contributed by atoms with E-state index in [1.165, 1.54) is 29.7 Å². The van der Waals surface area contributed by atoms with Crippen molar-refractivity contribution >= 4 is 28.3 Å². The van der Waals surface area contributed by atoms with Crippen molar-refractivity contribution in [2.45, 2.75) is 6.92 Å². The van der Waals surface area contributed by atoms with Crippen LogP contribution >= 0.6 is 11.3 Å². The number of nitrogens with zero attached hydrogens (tertiary/aromatic N) is 2. The quantitative estimate of drug-likeness (QED) is 0.880. The lowest BCUT2D eigenvalue weighted by atomic mass is 10.2. The molecule has 2 aromatic heterocycles. The molecule has 0 bridgehead atoms. The second-order valence-corrected chi connectivity index (χ2v) is 4.70. The smallest absolute Gasteiger partial charge is 0.354 e. The first-order chi connectivity index (χ1) is 8.56. The van der Waals surface area contributed by atoms with Crippen molar-refractivity contribution in [2.24, 2.45) is 0 Å². The van der Waals surface area contributed by atoms with Crippen LogP contribution in [0.15, 0.2) is 24.5 Å². The molecule has 92 valence electrons. The number of hydrogen-bond donors (Lipinski definition) is 2. The van der Waals surface area contributed by atoms with Crippen LogP contribution < -0.4 is 5.32 Å². The molecule has 0 unspecified atom stereocenters. The molecule has 7 heteroatoms. The zero-order valence-corrected chi connectivity index (χ0v) is 10.2. The summed E-state index contributed by atoms with van der Waals surface area (Å²) in [6, 6.07) is 2.69. The molecule has 0 radical (unpaired) electrons. The van der Waals surface area contributed by atoms with E-state index in [2.05, 4.69) is 15.3 Å². The molecule has 0 saturated carbocycles. The predicted octanol–water partition coefficient (Wildman–Crippen LogP) is 1.80. The number of carbonyl (C=O) groups is 2. The number of carboxylic acid groups (broad SMARTS) is 1. The van der Waals surface area contributed by atoms with E-state index in [0.717, 1.165) is 4.88 Å². The minimum absolute atomic E-state index is 0.100. The van der Waals surface area contributed by atoms with Crippen LogP contribution in [0.1, 0.15) is 25.7 Å². The minimum atomic E-state index is -1.13. The summed E-state index contributed by atoms with van der Waals surface area (Å²) in [5.41, 5.74) is 0.185. The third-order valence-electron chi connectivity index (χ3n) is 2.09. The van der Waals surface area contributed by atoms with Gasteiger partial charge in [-0.15, -0.1) is 11.3 Å². The number of nitrogens with one attached hydrogen (secondary N) is 1. The van der Waals surface area contributed by atoms with E-state index in [9.17, 15) is 9.59 Å². The van der Waals surface area contributed by atoms with Crippen LogP contribution in [0.4, 0.5) is 5.13 Å². The van der Waals surface area contributed by atoms with Gasteiger partial charge in [-0.05, 0) is 19.1 Å². The van der Waals surface area contributed by atoms with Crippen LogP contribution in [0.5, 0.6) is 0 Å². The van der Waals surface area contributed by atoms with Crippen LogP contribution in [0, 0.1) is 6.92 Å². The largest absolute Gasteiger partial charge is 0.477 e. The van der Waals surface area contributed by atoms with Gasteiger partial charge in [-0.25, -0.2) is 14.8 Å². The molecule has 0 aliphatic carbocycles. The van der Waals surface area contributed by atoms with Gasteiger partial charge in [0.2, 0.25) is 0 Å². The van der Waals surface area contributed by atoms with Crippen LogP contribution in [0.2, 0.25) is 0 Å². The highest BCUT2D eigenvalue weighted by Gasteiger charge is 2.10. The molecule has 0 atom stereocenters. The fraction of sp³-hybridized carbons (Fsp3) is 0.0909. The van der Waals surface area contributed by atoms with Crippen molar-refractivity contribution in [3.8, 4) is 0 Å². The number of aromatic carboxylic acids is 1. The second kappa shape index (κ2) is 4.92. The van der Waals surface area contributed by atoms with Gasteiger partial charge in [-0.3, -0.25) is 10.1 Å². The molecular weight excluding hydrogens is 254 g/mol. The van der Waals surface area contributed by atoms with Gasteiger partial charge < -0.3 is 5.11 Å². The highest BCUT2D eigenvalue weighted by molar-refractivity contribution is 7.15. The number of hydrogen-bond acceptors (Lipinski definition) is 5. The zero-order valence-electron chi connectivity index (χ0n) is 9.38. The third kappa shape index (κ3) is 2.69. The molecule has 0 saturated heterocycles. The van der Waals surface area contributed by atoms with E-state index >= 15 is 0 Å². The Morgan fingerprint density at radius 2 is 2.06 bits per heavy atom. The van der Waals surface area contributed by atoms with E-state index < -0.39 is 5.97 Å². The van der Waals surface area contributed by atoms with Crippen LogP contribution in [-0.2, 0) is 0 Å². The molecule has 2 rings (SSSR count). The summed E-state index contributed by atoms with van der Waals surface area (Å²) in [7, 11) is 0. The van der Waals surface area contributed by atoms with Gasteiger partial charge in [0.25, 0.3) is 5.91 Å². The fourth-order valence-electron chi connectivity index (χ4n) is 1.24. The van der Waals surface area contributed by atoms with Crippen molar-refractivity contribution in [2.75, 3.05) is 5.32 Å². The Hall–Kier alpha value is -2.28. The monoisotopic (exact) mass is 263 g/mol. The molecule has 2 heterocycles. The van der Waals surface area contributed by atoms with Crippen LogP contribution in [0.25, 0.3) is 0 Å². The summed E-state index contributed by atoms with van der Waals surface area (Å²) in [6.07, 6.45) is 2.88. The molecule has 0 fully saturated rings. The molecule has 6 nitrogen and oxygen atoms in total. The number of carbonyl (C=O) groups excluding carboxylic acids is 1. The number of pyridine rings is 1. The topological polar surface area (TPSA) is 92.2 Å². The molecule has 2 N–H and O–H groups in total. The molecule has 2 aromatic rings. The van der Waals surface area contributed by atoms with Gasteiger partial charge in [-0.1, -0.05) is 0 Å². The van der Waals surface area contributed by atoms with Gasteiger partial charge in [0.15, 0.2) is 5.13 Å². The average molecular weight is 263 g/mol. The van der Waals surface area contributed by atoms with E-state index in [4.69, 9.17) is 5.11 Å². The van der Waals surface area contributed by atoms with Crippen LogP contribution in [-0.4, -0.2) is 27.0 Å². The summed E-state index contributed by atoms with van der Waals surface area (Å²) >= 11 is 1.36. The minimum Gasteiger partial charge on any atom is -0.477 e. The average Bonchev–Trinajstić information content (AvgIpc) is 2.75. The Morgan fingerprint density at radius 1 is 1.28 bits per heavy atom. The van der Waals surface area contributed by atoms with E-state index in [0.29, 0.717) is 5.13 Å². The standard InChI is InChI=1S/C11H9N3O3S/c1-6-4-13-11(18-6)14-9(15)7-2-3-8(10(16)17)12-5-7/h2-5H,1H3,(H,16,17)(H,13,14,15). The molecule has 0 spiro atoms. The first-order valence-corrected chi connectivity index (χ1v) is 5.81. The maximum atomic E-state index is 11.8. The first-order valence-electron chi connectivity index (χ1n) is 4.99. The normalized spacial score (nSPS) is 10.1. The van der Waals surface area contributed by atoms with Gasteiger partial charge >= 0.3 is 5.97 Å². The number of aromatic nitrogens is 2. The highest BCUT2D eigenvalue weighted by atomic mass is 32.1. The summed E-state index contributed by atoms with van der Waals surface area (Å²) in [4.78, 5) is 31.0. The van der Waals surface area contributed by atoms with Crippen LogP contribution in [0.3, 0.4) is 0 Å². The van der Waals surface area contributed by atoms with E-state index in [-0.39, 0.29) is 17.2 Å². The molecule has 0 aliphatic heterocycles. The number of aryl methyl sites for hydroxylation is 1. The Balaban J connectivity index is 2.11. The Bertz CT molecular complexity index is 592.